The first kappa shape index (κ1) is 20.9. The van der Waals surface area contributed by atoms with E-state index in [1.54, 1.807) is 0 Å². The number of hydrogen-bond acceptors (Lipinski definition) is 6. The van der Waals surface area contributed by atoms with Crippen LogP contribution in [0.5, 0.6) is 0 Å². The van der Waals surface area contributed by atoms with E-state index in [9.17, 15) is 14.0 Å². The molecule has 0 aromatic carbocycles. The zero-order valence-electron chi connectivity index (χ0n) is 15.9. The van der Waals surface area contributed by atoms with Gasteiger partial charge in [-0.25, -0.2) is 4.39 Å². The van der Waals surface area contributed by atoms with Crippen LogP contribution in [0.15, 0.2) is 18.5 Å². The van der Waals surface area contributed by atoms with Gasteiger partial charge in [0.05, 0.1) is 12.6 Å². The molecule has 2 heterocycles. The first-order valence-electron chi connectivity index (χ1n) is 8.72. The predicted molar refractivity (Wildman–Crippen MR) is 102 cm³/mol. The zero-order chi connectivity index (χ0) is 20.0. The molecule has 1 unspecified atom stereocenters. The summed E-state index contributed by atoms with van der Waals surface area (Å²) in [7, 11) is 0. The van der Waals surface area contributed by atoms with Gasteiger partial charge < -0.3 is 5.32 Å². The molecule has 0 radical (unpaired) electrons. The van der Waals surface area contributed by atoms with Gasteiger partial charge in [-0.2, -0.15) is 0 Å². The van der Waals surface area contributed by atoms with Gasteiger partial charge >= 0.3 is 0 Å². The Labute approximate surface area is 161 Å². The summed E-state index contributed by atoms with van der Waals surface area (Å²) in [5, 5.41) is 14.7. The molecule has 1 atom stereocenters. The highest BCUT2D eigenvalue weighted by molar-refractivity contribution is 7.15. The van der Waals surface area contributed by atoms with Gasteiger partial charge in [-0.15, -0.1) is 10.2 Å². The summed E-state index contributed by atoms with van der Waals surface area (Å²) in [6, 6.07) is 0.544. The third-order valence-electron chi connectivity index (χ3n) is 3.65. The van der Waals surface area contributed by atoms with Crippen molar-refractivity contribution in [2.75, 3.05) is 5.32 Å². The first-order chi connectivity index (χ1) is 12.7. The molecular weight excluding hydrogens is 369 g/mol. The summed E-state index contributed by atoms with van der Waals surface area (Å²) < 4.78 is 13.2. The predicted octanol–water partition coefficient (Wildman–Crippen LogP) is 2.84. The molecule has 2 amide bonds. The standard InChI is InChI=1S/C18H24FN5O2S/c1-5-6-13(21-14(25)8-11-7-12(19)10-20-9-11)15(26)22-17-24-23-16(27-17)18(2,3)4/h7,9-10,13H,5-6,8H2,1-4H3,(H,21,25)(H,22,24,26). The van der Waals surface area contributed by atoms with Gasteiger partial charge in [0.2, 0.25) is 16.9 Å². The average Bonchev–Trinajstić information content (AvgIpc) is 3.03. The number of nitrogens with one attached hydrogen (secondary N) is 2. The lowest BCUT2D eigenvalue weighted by Gasteiger charge is -2.17. The summed E-state index contributed by atoms with van der Waals surface area (Å²) in [6.07, 6.45) is 3.63. The Kier molecular flexibility index (Phi) is 6.95. The lowest BCUT2D eigenvalue weighted by atomic mass is 9.98. The van der Waals surface area contributed by atoms with Crippen LogP contribution in [-0.2, 0) is 21.4 Å². The molecule has 0 spiro atoms. The van der Waals surface area contributed by atoms with Gasteiger partial charge in [0, 0.05) is 11.6 Å². The SMILES string of the molecule is CCCC(NC(=O)Cc1cncc(F)c1)C(=O)Nc1nnc(C(C)(C)C)s1. The van der Waals surface area contributed by atoms with E-state index in [4.69, 9.17) is 0 Å². The molecule has 7 nitrogen and oxygen atoms in total. The lowest BCUT2D eigenvalue weighted by molar-refractivity contribution is -0.126. The molecule has 2 N–H and O–H groups in total. The first-order valence-corrected chi connectivity index (χ1v) is 9.54. The number of hydrogen-bond donors (Lipinski definition) is 2. The van der Waals surface area contributed by atoms with E-state index in [-0.39, 0.29) is 23.7 Å². The van der Waals surface area contributed by atoms with Crippen LogP contribution in [0.3, 0.4) is 0 Å². The molecule has 0 bridgehead atoms. The molecule has 27 heavy (non-hydrogen) atoms. The summed E-state index contributed by atoms with van der Waals surface area (Å²) in [5.74, 6) is -1.23. The molecule has 0 aliphatic heterocycles. The van der Waals surface area contributed by atoms with Crippen molar-refractivity contribution in [2.45, 2.75) is 58.4 Å². The maximum Gasteiger partial charge on any atom is 0.248 e. The van der Waals surface area contributed by atoms with Crippen LogP contribution in [-0.4, -0.2) is 33.0 Å². The zero-order valence-corrected chi connectivity index (χ0v) is 16.7. The Morgan fingerprint density at radius 2 is 2.00 bits per heavy atom. The van der Waals surface area contributed by atoms with Gasteiger partial charge in [-0.05, 0) is 18.1 Å². The normalized spacial score (nSPS) is 12.5. The summed E-state index contributed by atoms with van der Waals surface area (Å²) >= 11 is 1.31. The van der Waals surface area contributed by atoms with Crippen molar-refractivity contribution >= 4 is 28.3 Å². The minimum Gasteiger partial charge on any atom is -0.344 e. The van der Waals surface area contributed by atoms with Crippen molar-refractivity contribution < 1.29 is 14.0 Å². The molecule has 0 aliphatic carbocycles. The molecule has 0 aliphatic rings. The maximum absolute atomic E-state index is 13.2. The molecule has 2 rings (SSSR count). The van der Waals surface area contributed by atoms with E-state index < -0.39 is 11.9 Å². The minimum absolute atomic E-state index is 0.0504. The van der Waals surface area contributed by atoms with E-state index in [0.29, 0.717) is 23.5 Å². The maximum atomic E-state index is 13.2. The van der Waals surface area contributed by atoms with E-state index in [1.165, 1.54) is 23.6 Å². The monoisotopic (exact) mass is 393 g/mol. The van der Waals surface area contributed by atoms with Gasteiger partial charge in [0.25, 0.3) is 0 Å². The molecule has 2 aromatic rings. The minimum atomic E-state index is -0.703. The van der Waals surface area contributed by atoms with E-state index >= 15 is 0 Å². The number of amides is 2. The summed E-state index contributed by atoms with van der Waals surface area (Å²) in [4.78, 5) is 28.5. The Balaban J connectivity index is 1.99. The van der Waals surface area contributed by atoms with E-state index in [0.717, 1.165) is 11.2 Å². The average molecular weight is 393 g/mol. The fourth-order valence-electron chi connectivity index (χ4n) is 2.31. The summed E-state index contributed by atoms with van der Waals surface area (Å²) in [6.45, 7) is 7.97. The van der Waals surface area contributed by atoms with Crippen molar-refractivity contribution in [3.63, 3.8) is 0 Å². The van der Waals surface area contributed by atoms with Crippen molar-refractivity contribution in [3.05, 3.63) is 34.8 Å². The Bertz CT molecular complexity index is 803. The summed E-state index contributed by atoms with van der Waals surface area (Å²) in [5.41, 5.74) is 0.290. The molecule has 9 heteroatoms. The third kappa shape index (κ3) is 6.35. The van der Waals surface area contributed by atoms with Crippen molar-refractivity contribution in [3.8, 4) is 0 Å². The highest BCUT2D eigenvalue weighted by Gasteiger charge is 2.24. The van der Waals surface area contributed by atoms with Crippen LogP contribution in [0, 0.1) is 5.82 Å². The second kappa shape index (κ2) is 8.98. The molecule has 146 valence electrons. The number of nitrogens with zero attached hydrogens (tertiary/aromatic N) is 3. The Morgan fingerprint density at radius 3 is 2.59 bits per heavy atom. The van der Waals surface area contributed by atoms with Crippen LogP contribution >= 0.6 is 11.3 Å². The number of aromatic nitrogens is 3. The number of pyridine rings is 1. The number of carbonyl (C=O) groups is 2. The van der Waals surface area contributed by atoms with E-state index in [1.807, 2.05) is 27.7 Å². The Hall–Kier alpha value is -2.42. The number of carbonyl (C=O) groups excluding carboxylic acids is 2. The van der Waals surface area contributed by atoms with Crippen molar-refractivity contribution in [2.24, 2.45) is 0 Å². The van der Waals surface area contributed by atoms with Crippen molar-refractivity contribution in [1.82, 2.24) is 20.5 Å². The quantitative estimate of drug-likeness (QED) is 0.754. The van der Waals surface area contributed by atoms with Gasteiger partial charge in [-0.3, -0.25) is 19.9 Å². The molecule has 0 saturated heterocycles. The Morgan fingerprint density at radius 1 is 1.26 bits per heavy atom. The fraction of sp³-hybridized carbons (Fsp3) is 0.500. The third-order valence-corrected chi connectivity index (χ3v) is 4.92. The van der Waals surface area contributed by atoms with E-state index in [2.05, 4.69) is 25.8 Å². The van der Waals surface area contributed by atoms with Crippen LogP contribution < -0.4 is 10.6 Å². The van der Waals surface area contributed by atoms with Gasteiger partial charge in [0.1, 0.15) is 16.9 Å². The topological polar surface area (TPSA) is 96.9 Å². The van der Waals surface area contributed by atoms with Gasteiger partial charge in [0.15, 0.2) is 0 Å². The highest BCUT2D eigenvalue weighted by atomic mass is 32.1. The van der Waals surface area contributed by atoms with Gasteiger partial charge in [-0.1, -0.05) is 45.5 Å². The van der Waals surface area contributed by atoms with Crippen LogP contribution in [0.25, 0.3) is 0 Å². The number of rotatable bonds is 7. The van der Waals surface area contributed by atoms with Crippen LogP contribution in [0.4, 0.5) is 9.52 Å². The molecule has 2 aromatic heterocycles. The number of halogens is 1. The van der Waals surface area contributed by atoms with Crippen LogP contribution in [0.1, 0.15) is 51.1 Å². The lowest BCUT2D eigenvalue weighted by Crippen LogP contribution is -2.44. The highest BCUT2D eigenvalue weighted by Crippen LogP contribution is 2.27. The smallest absolute Gasteiger partial charge is 0.248 e. The second-order valence-corrected chi connectivity index (χ2v) is 8.23. The molecule has 0 saturated carbocycles. The van der Waals surface area contributed by atoms with Crippen LogP contribution in [0.2, 0.25) is 0 Å². The molecule has 0 fully saturated rings. The van der Waals surface area contributed by atoms with Crippen molar-refractivity contribution in [1.29, 1.82) is 0 Å². The second-order valence-electron chi connectivity index (χ2n) is 7.25. The molecular formula is C18H24FN5O2S. The number of anilines is 1. The fourth-order valence-corrected chi connectivity index (χ4v) is 3.11. The largest absolute Gasteiger partial charge is 0.344 e.